The predicted octanol–water partition coefficient (Wildman–Crippen LogP) is 1.85. The predicted molar refractivity (Wildman–Crippen MR) is 47.6 cm³/mol. The number of ether oxygens (including phenoxy) is 1. The largest absolute Gasteiger partial charge is 0.673 e. The number of rotatable bonds is 2. The van der Waals surface area contributed by atoms with E-state index in [4.69, 9.17) is 4.74 Å². The Morgan fingerprint density at radius 1 is 1.40 bits per heavy atom. The van der Waals surface area contributed by atoms with Crippen molar-refractivity contribution < 1.29 is 26.7 Å². The van der Waals surface area contributed by atoms with E-state index in [0.29, 0.717) is 0 Å². The minimum absolute atomic E-state index is 0.154. The van der Waals surface area contributed by atoms with Gasteiger partial charge in [-0.15, -0.1) is 4.68 Å². The monoisotopic (exact) mass is 228 g/mol. The molecule has 15 heavy (non-hydrogen) atoms. The molecule has 88 valence electrons. The lowest BCUT2D eigenvalue weighted by Gasteiger charge is -2.02. The third kappa shape index (κ3) is 7.98. The van der Waals surface area contributed by atoms with Gasteiger partial charge >= 0.3 is 7.25 Å². The number of H-pyrrole nitrogens is 1. The molecule has 0 aliphatic heterocycles. The number of hydrogen-bond acceptors (Lipinski definition) is 1. The Balaban J connectivity index is 0.000000336. The number of aromatic amines is 1. The van der Waals surface area contributed by atoms with Crippen molar-refractivity contribution in [1.29, 1.82) is 0 Å². The maximum Gasteiger partial charge on any atom is 0.673 e. The van der Waals surface area contributed by atoms with Crippen LogP contribution in [0.2, 0.25) is 0 Å². The molecule has 1 aromatic heterocycles. The van der Waals surface area contributed by atoms with Crippen LogP contribution in [0, 0.1) is 0 Å². The van der Waals surface area contributed by atoms with E-state index >= 15 is 0 Å². The Morgan fingerprint density at radius 2 is 1.87 bits per heavy atom. The van der Waals surface area contributed by atoms with E-state index in [2.05, 4.69) is 5.10 Å². The first kappa shape index (κ1) is 14.0. The molecule has 3 nitrogen and oxygen atoms in total. The molecule has 0 aliphatic rings. The highest BCUT2D eigenvalue weighted by Crippen LogP contribution is 2.09. The molecule has 1 N–H and O–H groups in total. The quantitative estimate of drug-likeness (QED) is 0.467. The average Bonchev–Trinajstić information content (AvgIpc) is 2.47. The zero-order chi connectivity index (χ0) is 12.1. The van der Waals surface area contributed by atoms with Crippen LogP contribution in [0.3, 0.4) is 0 Å². The lowest BCUT2D eigenvalue weighted by Crippen LogP contribution is -2.28. The maximum absolute atomic E-state index is 9.75. The molecule has 1 atom stereocenters. The first-order valence-electron chi connectivity index (χ1n) is 4.18. The van der Waals surface area contributed by atoms with Gasteiger partial charge in [0.15, 0.2) is 13.2 Å². The molecule has 1 aromatic rings. The van der Waals surface area contributed by atoms with Crippen molar-refractivity contribution in [2.75, 3.05) is 7.11 Å². The third-order valence-electron chi connectivity index (χ3n) is 1.57. The van der Waals surface area contributed by atoms with Gasteiger partial charge in [0.1, 0.15) is 5.69 Å². The number of aromatic nitrogens is 2. The first-order chi connectivity index (χ1) is 6.74. The molecule has 8 heteroatoms. The number of hydrogen-bond donors (Lipinski definition) is 1. The molecule has 1 unspecified atom stereocenters. The van der Waals surface area contributed by atoms with E-state index in [0.717, 1.165) is 5.69 Å². The van der Waals surface area contributed by atoms with E-state index in [9.17, 15) is 17.3 Å². The number of aryl methyl sites for hydroxylation is 1. The van der Waals surface area contributed by atoms with Crippen molar-refractivity contribution in [3.05, 3.63) is 18.0 Å². The molecule has 0 radical (unpaired) electrons. The second-order valence-corrected chi connectivity index (χ2v) is 2.87. The van der Waals surface area contributed by atoms with Crippen LogP contribution in [0.5, 0.6) is 0 Å². The minimum Gasteiger partial charge on any atom is -0.418 e. The van der Waals surface area contributed by atoms with Crippen LogP contribution in [0.25, 0.3) is 0 Å². The smallest absolute Gasteiger partial charge is 0.418 e. The van der Waals surface area contributed by atoms with Crippen LogP contribution in [-0.4, -0.2) is 19.5 Å². The topological polar surface area (TPSA) is 28.9 Å². The van der Waals surface area contributed by atoms with Gasteiger partial charge in [0.25, 0.3) is 0 Å². The molecule has 1 heterocycles. The summed E-state index contributed by atoms with van der Waals surface area (Å²) in [4.78, 5) is 0. The Hall–Kier alpha value is -1.05. The van der Waals surface area contributed by atoms with E-state index in [1.807, 2.05) is 30.9 Å². The van der Waals surface area contributed by atoms with Gasteiger partial charge in [-0.3, -0.25) is 0 Å². The highest BCUT2D eigenvalue weighted by Gasteiger charge is 2.20. The van der Waals surface area contributed by atoms with Crippen molar-refractivity contribution in [3.8, 4) is 0 Å². The highest BCUT2D eigenvalue weighted by molar-refractivity contribution is 6.50. The molecule has 0 amide bonds. The van der Waals surface area contributed by atoms with Gasteiger partial charge in [0.05, 0.1) is 6.10 Å². The molecule has 0 aromatic carbocycles. The van der Waals surface area contributed by atoms with Gasteiger partial charge < -0.3 is 22.0 Å². The van der Waals surface area contributed by atoms with Crippen molar-refractivity contribution in [2.24, 2.45) is 7.05 Å². The van der Waals surface area contributed by atoms with E-state index < -0.39 is 7.25 Å². The van der Waals surface area contributed by atoms with Crippen LogP contribution < -0.4 is 4.68 Å². The number of nitrogens with one attached hydrogen (secondary N) is 1. The van der Waals surface area contributed by atoms with Crippen molar-refractivity contribution in [3.63, 3.8) is 0 Å². The Kier molecular flexibility index (Phi) is 5.34. The number of methoxy groups -OCH3 is 1. The van der Waals surface area contributed by atoms with Gasteiger partial charge in [-0.1, -0.05) is 0 Å². The summed E-state index contributed by atoms with van der Waals surface area (Å²) in [5.74, 6) is 0. The summed E-state index contributed by atoms with van der Waals surface area (Å²) in [6, 6.07) is 2.01. The highest BCUT2D eigenvalue weighted by atomic mass is 19.5. The van der Waals surface area contributed by atoms with Crippen molar-refractivity contribution in [2.45, 2.75) is 13.0 Å². The fourth-order valence-corrected chi connectivity index (χ4v) is 0.824. The van der Waals surface area contributed by atoms with E-state index in [1.165, 1.54) is 0 Å². The minimum atomic E-state index is -6.00. The van der Waals surface area contributed by atoms with Gasteiger partial charge in [-0.25, -0.2) is 0 Å². The van der Waals surface area contributed by atoms with Crippen molar-refractivity contribution in [1.82, 2.24) is 5.10 Å². The van der Waals surface area contributed by atoms with Gasteiger partial charge in [0, 0.05) is 13.2 Å². The number of nitrogens with zero attached hydrogens (tertiary/aromatic N) is 1. The van der Waals surface area contributed by atoms with Gasteiger partial charge in [-0.2, -0.15) is 5.10 Å². The van der Waals surface area contributed by atoms with Gasteiger partial charge in [-0.05, 0) is 6.92 Å². The summed E-state index contributed by atoms with van der Waals surface area (Å²) in [6.07, 6.45) is 2.12. The summed E-state index contributed by atoms with van der Waals surface area (Å²) in [7, 11) is -2.35. The molecule has 0 saturated carbocycles. The van der Waals surface area contributed by atoms with E-state index in [-0.39, 0.29) is 6.10 Å². The second-order valence-electron chi connectivity index (χ2n) is 2.87. The summed E-state index contributed by atoms with van der Waals surface area (Å²) in [5.41, 5.74) is 1.10. The van der Waals surface area contributed by atoms with Crippen LogP contribution in [0.15, 0.2) is 12.3 Å². The SMILES string of the molecule is COC(C)c1cc[n+](C)[nH]1.F[B-](F)(F)F. The Labute approximate surface area is 85.1 Å². The first-order valence-corrected chi connectivity index (χ1v) is 4.18. The summed E-state index contributed by atoms with van der Waals surface area (Å²) >= 11 is 0. The standard InChI is InChI=1S/C7H12N2O.BF4/c1-6(10-3)7-4-5-9(2)8-7;2-1(3,4)5/h4-6H,1-3H3;/q;-1/p+1. The van der Waals surface area contributed by atoms with Crippen LogP contribution in [-0.2, 0) is 11.8 Å². The lowest BCUT2D eigenvalue weighted by molar-refractivity contribution is -0.727. The summed E-state index contributed by atoms with van der Waals surface area (Å²) in [5, 5.41) is 3.12. The zero-order valence-electron chi connectivity index (χ0n) is 8.68. The van der Waals surface area contributed by atoms with Gasteiger partial charge in [0.2, 0.25) is 0 Å². The molecule has 0 saturated heterocycles. The fraction of sp³-hybridized carbons (Fsp3) is 0.571. The second kappa shape index (κ2) is 5.74. The lowest BCUT2D eigenvalue weighted by atomic mass is 10.3. The molecule has 0 bridgehead atoms. The molecule has 0 aliphatic carbocycles. The molecular formula is C7H13BF4N2O. The normalized spacial score (nSPS) is 13.0. The third-order valence-corrected chi connectivity index (χ3v) is 1.57. The summed E-state index contributed by atoms with van der Waals surface area (Å²) in [6.45, 7) is 2.01. The van der Waals surface area contributed by atoms with Crippen LogP contribution in [0.1, 0.15) is 18.7 Å². The Bertz CT molecular complexity index is 283. The van der Waals surface area contributed by atoms with E-state index in [1.54, 1.807) is 7.11 Å². The molecular weight excluding hydrogens is 215 g/mol. The Morgan fingerprint density at radius 3 is 2.13 bits per heavy atom. The average molecular weight is 228 g/mol. The van der Waals surface area contributed by atoms with Crippen molar-refractivity contribution >= 4 is 7.25 Å². The zero-order valence-corrected chi connectivity index (χ0v) is 8.68. The molecule has 0 spiro atoms. The fourth-order valence-electron chi connectivity index (χ4n) is 0.824. The van der Waals surface area contributed by atoms with Crippen LogP contribution in [0.4, 0.5) is 17.3 Å². The van der Waals surface area contributed by atoms with Crippen LogP contribution >= 0.6 is 0 Å². The molecule has 0 fully saturated rings. The number of halogens is 4. The molecule has 1 rings (SSSR count). The maximum atomic E-state index is 9.75. The summed E-state index contributed by atoms with van der Waals surface area (Å²) < 4.78 is 46.0.